The number of para-hydroxylation sites is 1. The molecule has 0 saturated carbocycles. The van der Waals surface area contributed by atoms with E-state index in [-0.39, 0.29) is 11.7 Å². The minimum absolute atomic E-state index is 0.243. The van der Waals surface area contributed by atoms with Crippen LogP contribution in [0.1, 0.15) is 16.1 Å². The standard InChI is InChI=1S/C16H13FN2O/c1-10-8-12(6-7-13(10)17)18-16(20)15-9-11-4-2-3-5-14(11)19-15/h2-9,19H,1H3,(H,18,20). The number of anilines is 1. The van der Waals surface area contributed by atoms with Crippen molar-refractivity contribution in [2.45, 2.75) is 6.92 Å². The van der Waals surface area contributed by atoms with Crippen molar-refractivity contribution in [3.63, 3.8) is 0 Å². The normalized spacial score (nSPS) is 10.7. The number of halogens is 1. The topological polar surface area (TPSA) is 44.9 Å². The Morgan fingerprint density at radius 1 is 1.15 bits per heavy atom. The maximum atomic E-state index is 13.2. The molecule has 3 nitrogen and oxygen atoms in total. The number of hydrogen-bond acceptors (Lipinski definition) is 1. The van der Waals surface area contributed by atoms with Crippen LogP contribution < -0.4 is 5.32 Å². The summed E-state index contributed by atoms with van der Waals surface area (Å²) in [5.41, 5.74) is 2.47. The predicted octanol–water partition coefficient (Wildman–Crippen LogP) is 3.87. The summed E-state index contributed by atoms with van der Waals surface area (Å²) >= 11 is 0. The summed E-state index contributed by atoms with van der Waals surface area (Å²) in [5, 5.41) is 3.73. The molecule has 3 rings (SSSR count). The zero-order chi connectivity index (χ0) is 14.1. The van der Waals surface area contributed by atoms with Gasteiger partial charge in [-0.15, -0.1) is 0 Å². The minimum atomic E-state index is -0.284. The van der Waals surface area contributed by atoms with Gasteiger partial charge < -0.3 is 10.3 Å². The van der Waals surface area contributed by atoms with E-state index in [0.717, 1.165) is 10.9 Å². The molecule has 4 heteroatoms. The summed E-state index contributed by atoms with van der Waals surface area (Å²) in [6.45, 7) is 1.66. The monoisotopic (exact) mass is 268 g/mol. The number of rotatable bonds is 2. The van der Waals surface area contributed by atoms with Gasteiger partial charge in [0.15, 0.2) is 0 Å². The van der Waals surface area contributed by atoms with Crippen LogP contribution in [-0.4, -0.2) is 10.9 Å². The van der Waals surface area contributed by atoms with Crippen molar-refractivity contribution in [3.05, 3.63) is 65.6 Å². The molecule has 1 aromatic heterocycles. The predicted molar refractivity (Wildman–Crippen MR) is 77.4 cm³/mol. The number of benzene rings is 2. The zero-order valence-electron chi connectivity index (χ0n) is 10.9. The number of amides is 1. The molecule has 0 fully saturated rings. The molecular weight excluding hydrogens is 255 g/mol. The first-order valence-electron chi connectivity index (χ1n) is 6.29. The quantitative estimate of drug-likeness (QED) is 0.728. The largest absolute Gasteiger partial charge is 0.351 e. The molecule has 1 heterocycles. The van der Waals surface area contributed by atoms with E-state index in [1.54, 1.807) is 25.1 Å². The van der Waals surface area contributed by atoms with Crippen molar-refractivity contribution in [1.82, 2.24) is 4.98 Å². The summed E-state index contributed by atoms with van der Waals surface area (Å²) in [5.74, 6) is -0.527. The van der Waals surface area contributed by atoms with Crippen LogP contribution in [0.25, 0.3) is 10.9 Å². The van der Waals surface area contributed by atoms with E-state index in [2.05, 4.69) is 10.3 Å². The van der Waals surface area contributed by atoms with Crippen molar-refractivity contribution in [2.24, 2.45) is 0 Å². The van der Waals surface area contributed by atoms with Crippen LogP contribution in [0, 0.1) is 12.7 Å². The number of H-pyrrole nitrogens is 1. The molecule has 0 aliphatic carbocycles. The van der Waals surface area contributed by atoms with Crippen molar-refractivity contribution >= 4 is 22.5 Å². The second kappa shape index (κ2) is 4.81. The Morgan fingerprint density at radius 2 is 1.95 bits per heavy atom. The lowest BCUT2D eigenvalue weighted by Gasteiger charge is -2.05. The fourth-order valence-electron chi connectivity index (χ4n) is 2.12. The SMILES string of the molecule is Cc1cc(NC(=O)c2cc3ccccc3[nH]2)ccc1F. The minimum Gasteiger partial charge on any atom is -0.351 e. The third-order valence-corrected chi connectivity index (χ3v) is 3.19. The highest BCUT2D eigenvalue weighted by atomic mass is 19.1. The highest BCUT2D eigenvalue weighted by Crippen LogP contribution is 2.17. The summed E-state index contributed by atoms with van der Waals surface area (Å²) in [4.78, 5) is 15.2. The van der Waals surface area contributed by atoms with E-state index in [4.69, 9.17) is 0 Å². The molecule has 0 saturated heterocycles. The van der Waals surface area contributed by atoms with Gasteiger partial charge in [-0.05, 0) is 42.8 Å². The molecular formula is C16H13FN2O. The molecule has 1 amide bonds. The zero-order valence-corrected chi connectivity index (χ0v) is 10.9. The number of aromatic amines is 1. The lowest BCUT2D eigenvalue weighted by atomic mass is 10.2. The van der Waals surface area contributed by atoms with E-state index in [1.807, 2.05) is 24.3 Å². The molecule has 0 radical (unpaired) electrons. The van der Waals surface area contributed by atoms with Crippen molar-refractivity contribution < 1.29 is 9.18 Å². The number of fused-ring (bicyclic) bond motifs is 1. The Bertz CT molecular complexity index is 759. The molecule has 0 unspecified atom stereocenters. The van der Waals surface area contributed by atoms with E-state index in [1.165, 1.54) is 6.07 Å². The first-order chi connectivity index (χ1) is 9.63. The molecule has 0 aliphatic rings. The number of nitrogens with one attached hydrogen (secondary N) is 2. The van der Waals surface area contributed by atoms with Gasteiger partial charge in [0.2, 0.25) is 0 Å². The van der Waals surface area contributed by atoms with Crippen LogP contribution >= 0.6 is 0 Å². The summed E-state index contributed by atoms with van der Waals surface area (Å²) in [6, 6.07) is 14.0. The number of aromatic nitrogens is 1. The number of carbonyl (C=O) groups excluding carboxylic acids is 1. The fraction of sp³-hybridized carbons (Fsp3) is 0.0625. The highest BCUT2D eigenvalue weighted by molar-refractivity contribution is 6.05. The van der Waals surface area contributed by atoms with Crippen LogP contribution in [0.2, 0.25) is 0 Å². The van der Waals surface area contributed by atoms with Gasteiger partial charge in [-0.1, -0.05) is 18.2 Å². The third-order valence-electron chi connectivity index (χ3n) is 3.19. The van der Waals surface area contributed by atoms with Crippen LogP contribution in [0.3, 0.4) is 0 Å². The van der Waals surface area contributed by atoms with Crippen molar-refractivity contribution in [1.29, 1.82) is 0 Å². The van der Waals surface area contributed by atoms with Gasteiger partial charge in [0.05, 0.1) is 0 Å². The molecule has 0 spiro atoms. The van der Waals surface area contributed by atoms with E-state index >= 15 is 0 Å². The Kier molecular flexibility index (Phi) is 2.99. The third kappa shape index (κ3) is 2.28. The smallest absolute Gasteiger partial charge is 0.272 e. The lowest BCUT2D eigenvalue weighted by Crippen LogP contribution is -2.12. The average molecular weight is 268 g/mol. The molecule has 0 bridgehead atoms. The van der Waals surface area contributed by atoms with Crippen LogP contribution in [-0.2, 0) is 0 Å². The lowest BCUT2D eigenvalue weighted by molar-refractivity contribution is 0.102. The second-order valence-corrected chi connectivity index (χ2v) is 4.69. The van der Waals surface area contributed by atoms with Crippen LogP contribution in [0.5, 0.6) is 0 Å². The summed E-state index contributed by atoms with van der Waals surface area (Å²) < 4.78 is 13.2. The average Bonchev–Trinajstić information content (AvgIpc) is 2.87. The number of aryl methyl sites for hydroxylation is 1. The Hall–Kier alpha value is -2.62. The summed E-state index contributed by atoms with van der Waals surface area (Å²) in [6.07, 6.45) is 0. The molecule has 20 heavy (non-hydrogen) atoms. The molecule has 0 aliphatic heterocycles. The highest BCUT2D eigenvalue weighted by Gasteiger charge is 2.10. The van der Waals surface area contributed by atoms with Gasteiger partial charge >= 0.3 is 0 Å². The van der Waals surface area contributed by atoms with Gasteiger partial charge in [-0.2, -0.15) is 0 Å². The molecule has 2 N–H and O–H groups in total. The Morgan fingerprint density at radius 3 is 2.70 bits per heavy atom. The Balaban J connectivity index is 1.86. The van der Waals surface area contributed by atoms with Gasteiger partial charge in [0, 0.05) is 16.6 Å². The summed E-state index contributed by atoms with van der Waals surface area (Å²) in [7, 11) is 0. The van der Waals surface area contributed by atoms with E-state index in [0.29, 0.717) is 16.9 Å². The van der Waals surface area contributed by atoms with Gasteiger partial charge in [0.1, 0.15) is 11.5 Å². The van der Waals surface area contributed by atoms with Crippen LogP contribution in [0.15, 0.2) is 48.5 Å². The Labute approximate surface area is 115 Å². The van der Waals surface area contributed by atoms with Gasteiger partial charge in [0.25, 0.3) is 5.91 Å². The number of carbonyl (C=O) groups is 1. The van der Waals surface area contributed by atoms with E-state index in [9.17, 15) is 9.18 Å². The maximum Gasteiger partial charge on any atom is 0.272 e. The molecule has 0 atom stereocenters. The molecule has 2 aromatic carbocycles. The molecule has 3 aromatic rings. The first-order valence-corrected chi connectivity index (χ1v) is 6.29. The fourth-order valence-corrected chi connectivity index (χ4v) is 2.12. The van der Waals surface area contributed by atoms with Gasteiger partial charge in [-0.3, -0.25) is 4.79 Å². The first kappa shape index (κ1) is 12.4. The maximum absolute atomic E-state index is 13.2. The van der Waals surface area contributed by atoms with Crippen LogP contribution in [0.4, 0.5) is 10.1 Å². The van der Waals surface area contributed by atoms with Crippen molar-refractivity contribution in [2.75, 3.05) is 5.32 Å². The van der Waals surface area contributed by atoms with E-state index < -0.39 is 0 Å². The second-order valence-electron chi connectivity index (χ2n) is 4.69. The number of hydrogen-bond donors (Lipinski definition) is 2. The van der Waals surface area contributed by atoms with Gasteiger partial charge in [-0.25, -0.2) is 4.39 Å². The molecule has 100 valence electrons. The van der Waals surface area contributed by atoms with Crippen molar-refractivity contribution in [3.8, 4) is 0 Å².